The lowest BCUT2D eigenvalue weighted by atomic mass is 10.3. The summed E-state index contributed by atoms with van der Waals surface area (Å²) in [7, 11) is 0. The molecule has 2 aromatic heterocycles. The molecule has 2 heterocycles. The molecule has 21 heavy (non-hydrogen) atoms. The van der Waals surface area contributed by atoms with E-state index < -0.39 is 0 Å². The van der Waals surface area contributed by atoms with Crippen molar-refractivity contribution in [2.75, 3.05) is 11.1 Å². The molecule has 0 unspecified atom stereocenters. The van der Waals surface area contributed by atoms with Crippen LogP contribution in [0.1, 0.15) is 5.76 Å². The van der Waals surface area contributed by atoms with Gasteiger partial charge in [-0.25, -0.2) is 4.98 Å². The number of benzene rings is 1. The number of oxazole rings is 1. The topological polar surface area (TPSA) is 81.2 Å². The Labute approximate surface area is 128 Å². The number of carbonyl (C=O) groups excluding carboxylic acids is 1. The number of fused-ring (bicyclic) bond motifs is 1. The van der Waals surface area contributed by atoms with Crippen molar-refractivity contribution in [3.05, 3.63) is 35.0 Å². The predicted octanol–water partition coefficient (Wildman–Crippen LogP) is 3.51. The molecule has 1 amide bonds. The van der Waals surface area contributed by atoms with Crippen LogP contribution >= 0.6 is 23.4 Å². The lowest BCUT2D eigenvalue weighted by Gasteiger charge is -1.98. The minimum Gasteiger partial charge on any atom is -0.431 e. The van der Waals surface area contributed by atoms with Crippen molar-refractivity contribution in [2.45, 2.75) is 12.1 Å². The van der Waals surface area contributed by atoms with Crippen LogP contribution < -0.4 is 5.32 Å². The van der Waals surface area contributed by atoms with E-state index in [0.717, 1.165) is 0 Å². The number of thioether (sulfide) groups is 1. The molecule has 0 spiro atoms. The van der Waals surface area contributed by atoms with Gasteiger partial charge in [0.15, 0.2) is 11.4 Å². The number of aromatic nitrogens is 2. The second kappa shape index (κ2) is 5.79. The van der Waals surface area contributed by atoms with Gasteiger partial charge in [-0.1, -0.05) is 28.5 Å². The molecule has 0 saturated heterocycles. The first-order valence-electron chi connectivity index (χ1n) is 6.02. The van der Waals surface area contributed by atoms with Crippen molar-refractivity contribution in [2.24, 2.45) is 0 Å². The molecule has 0 aliphatic rings. The van der Waals surface area contributed by atoms with Crippen molar-refractivity contribution in [3.63, 3.8) is 0 Å². The quantitative estimate of drug-likeness (QED) is 0.740. The number of hydrogen-bond acceptors (Lipinski definition) is 6. The minimum atomic E-state index is -0.214. The summed E-state index contributed by atoms with van der Waals surface area (Å²) in [5, 5.41) is 7.31. The average Bonchev–Trinajstić information content (AvgIpc) is 3.02. The molecule has 0 bridgehead atoms. The monoisotopic (exact) mass is 323 g/mol. The Morgan fingerprint density at radius 1 is 1.43 bits per heavy atom. The van der Waals surface area contributed by atoms with Gasteiger partial charge in [-0.3, -0.25) is 4.79 Å². The highest BCUT2D eigenvalue weighted by molar-refractivity contribution is 7.99. The molecular weight excluding hydrogens is 314 g/mol. The van der Waals surface area contributed by atoms with Gasteiger partial charge < -0.3 is 14.3 Å². The highest BCUT2D eigenvalue weighted by Gasteiger charge is 2.11. The maximum atomic E-state index is 11.8. The summed E-state index contributed by atoms with van der Waals surface area (Å²) in [5.74, 6) is 0.969. The number of rotatable bonds is 4. The predicted molar refractivity (Wildman–Crippen MR) is 79.6 cm³/mol. The lowest BCUT2D eigenvalue weighted by Crippen LogP contribution is -2.14. The number of hydrogen-bond donors (Lipinski definition) is 1. The van der Waals surface area contributed by atoms with Crippen LogP contribution in [0.4, 0.5) is 5.82 Å². The molecular formula is C13H10ClN3O3S. The molecule has 6 nitrogen and oxygen atoms in total. The second-order valence-corrected chi connectivity index (χ2v) is 5.61. The minimum absolute atomic E-state index is 0.159. The maximum absolute atomic E-state index is 11.8. The normalized spacial score (nSPS) is 11.0. The SMILES string of the molecule is Cc1cc(NC(=O)CSc2nc3cc(Cl)ccc3o2)no1. The first-order valence-corrected chi connectivity index (χ1v) is 7.38. The van der Waals surface area contributed by atoms with Crippen molar-refractivity contribution >= 4 is 46.2 Å². The molecule has 3 rings (SSSR count). The molecule has 1 aromatic carbocycles. The van der Waals surface area contributed by atoms with Gasteiger partial charge in [0.2, 0.25) is 5.91 Å². The van der Waals surface area contributed by atoms with Crippen LogP contribution in [0.15, 0.2) is 38.4 Å². The molecule has 0 saturated carbocycles. The largest absolute Gasteiger partial charge is 0.431 e. The number of carbonyl (C=O) groups is 1. The molecule has 8 heteroatoms. The number of nitrogens with one attached hydrogen (secondary N) is 1. The third-order valence-electron chi connectivity index (χ3n) is 2.55. The van der Waals surface area contributed by atoms with Gasteiger partial charge in [0.1, 0.15) is 11.3 Å². The van der Waals surface area contributed by atoms with E-state index in [1.807, 2.05) is 0 Å². The zero-order chi connectivity index (χ0) is 14.8. The van der Waals surface area contributed by atoms with Gasteiger partial charge in [0, 0.05) is 11.1 Å². The summed E-state index contributed by atoms with van der Waals surface area (Å²) in [5.41, 5.74) is 1.30. The van der Waals surface area contributed by atoms with Crippen LogP contribution in [-0.2, 0) is 4.79 Å². The van der Waals surface area contributed by atoms with Gasteiger partial charge in [-0.05, 0) is 25.1 Å². The summed E-state index contributed by atoms with van der Waals surface area (Å²) in [4.78, 5) is 16.0. The van der Waals surface area contributed by atoms with Crippen molar-refractivity contribution in [1.82, 2.24) is 10.1 Å². The Morgan fingerprint density at radius 2 is 2.29 bits per heavy atom. The van der Waals surface area contributed by atoms with Crippen molar-refractivity contribution < 1.29 is 13.7 Å². The smallest absolute Gasteiger partial charge is 0.257 e. The van der Waals surface area contributed by atoms with Crippen LogP contribution in [0.3, 0.4) is 0 Å². The molecule has 0 aliphatic carbocycles. The van der Waals surface area contributed by atoms with Crippen LogP contribution in [0.5, 0.6) is 0 Å². The fourth-order valence-electron chi connectivity index (χ4n) is 1.67. The van der Waals surface area contributed by atoms with Crippen LogP contribution in [-0.4, -0.2) is 21.8 Å². The van der Waals surface area contributed by atoms with Gasteiger partial charge in [0.05, 0.1) is 5.75 Å². The Hall–Kier alpha value is -1.99. The number of anilines is 1. The Morgan fingerprint density at radius 3 is 3.05 bits per heavy atom. The molecule has 0 fully saturated rings. The molecule has 0 atom stereocenters. The van der Waals surface area contributed by atoms with E-state index >= 15 is 0 Å². The number of halogens is 1. The third-order valence-corrected chi connectivity index (χ3v) is 3.62. The Kier molecular flexibility index (Phi) is 3.85. The first-order chi connectivity index (χ1) is 10.1. The van der Waals surface area contributed by atoms with Crippen LogP contribution in [0.25, 0.3) is 11.1 Å². The highest BCUT2D eigenvalue weighted by atomic mass is 35.5. The van der Waals surface area contributed by atoms with Gasteiger partial charge >= 0.3 is 0 Å². The summed E-state index contributed by atoms with van der Waals surface area (Å²) in [6.45, 7) is 1.75. The van der Waals surface area contributed by atoms with Crippen LogP contribution in [0, 0.1) is 6.92 Å². The van der Waals surface area contributed by atoms with Gasteiger partial charge in [-0.2, -0.15) is 0 Å². The Balaban J connectivity index is 1.61. The van der Waals surface area contributed by atoms with E-state index in [1.165, 1.54) is 11.8 Å². The average molecular weight is 324 g/mol. The molecule has 1 N–H and O–H groups in total. The van der Waals surface area contributed by atoms with E-state index in [2.05, 4.69) is 15.5 Å². The van der Waals surface area contributed by atoms with E-state index in [1.54, 1.807) is 31.2 Å². The van der Waals surface area contributed by atoms with Gasteiger partial charge in [0.25, 0.3) is 5.22 Å². The maximum Gasteiger partial charge on any atom is 0.257 e. The molecule has 108 valence electrons. The van der Waals surface area contributed by atoms with E-state index in [-0.39, 0.29) is 11.7 Å². The van der Waals surface area contributed by atoms with Gasteiger partial charge in [-0.15, -0.1) is 0 Å². The standard InChI is InChI=1S/C13H10ClN3O3S/c1-7-4-11(17-20-7)16-12(18)6-21-13-15-9-5-8(14)2-3-10(9)19-13/h2-5H,6H2,1H3,(H,16,17,18). The fraction of sp³-hybridized carbons (Fsp3) is 0.154. The van der Waals surface area contributed by atoms with E-state index in [4.69, 9.17) is 20.5 Å². The molecule has 0 radical (unpaired) electrons. The number of nitrogens with zero attached hydrogens (tertiary/aromatic N) is 2. The Bertz CT molecular complexity index is 799. The van der Waals surface area contributed by atoms with E-state index in [0.29, 0.717) is 32.9 Å². The zero-order valence-corrected chi connectivity index (χ0v) is 12.5. The van der Waals surface area contributed by atoms with Crippen LogP contribution in [0.2, 0.25) is 5.02 Å². The molecule has 0 aliphatic heterocycles. The van der Waals surface area contributed by atoms with Crippen molar-refractivity contribution in [1.29, 1.82) is 0 Å². The van der Waals surface area contributed by atoms with Crippen molar-refractivity contribution in [3.8, 4) is 0 Å². The summed E-state index contributed by atoms with van der Waals surface area (Å²) in [6, 6.07) is 6.82. The highest BCUT2D eigenvalue weighted by Crippen LogP contribution is 2.25. The fourth-order valence-corrected chi connectivity index (χ4v) is 2.48. The second-order valence-electron chi connectivity index (χ2n) is 4.25. The zero-order valence-electron chi connectivity index (χ0n) is 10.9. The number of amides is 1. The summed E-state index contributed by atoms with van der Waals surface area (Å²) < 4.78 is 10.4. The van der Waals surface area contributed by atoms with E-state index in [9.17, 15) is 4.79 Å². The summed E-state index contributed by atoms with van der Waals surface area (Å²) >= 11 is 7.07. The first kappa shape index (κ1) is 14.0. The molecule has 3 aromatic rings. The third kappa shape index (κ3) is 3.37. The summed E-state index contributed by atoms with van der Waals surface area (Å²) in [6.07, 6.45) is 0. The number of aryl methyl sites for hydroxylation is 1. The lowest BCUT2D eigenvalue weighted by molar-refractivity contribution is -0.113.